The van der Waals surface area contributed by atoms with E-state index in [1.165, 1.54) is 11.3 Å². The first-order chi connectivity index (χ1) is 16.0. The van der Waals surface area contributed by atoms with E-state index in [-0.39, 0.29) is 5.91 Å². The summed E-state index contributed by atoms with van der Waals surface area (Å²) in [6.45, 7) is 14.1. The molecule has 1 saturated heterocycles. The second-order valence-electron chi connectivity index (χ2n) is 8.97. The minimum atomic E-state index is -0.171. The van der Waals surface area contributed by atoms with E-state index in [1.54, 1.807) is 4.68 Å². The molecule has 4 heterocycles. The molecule has 0 bridgehead atoms. The van der Waals surface area contributed by atoms with Crippen molar-refractivity contribution in [3.63, 3.8) is 0 Å². The maximum Gasteiger partial charge on any atom is 0.276 e. The highest BCUT2D eigenvalue weighted by Crippen LogP contribution is 2.34. The van der Waals surface area contributed by atoms with Gasteiger partial charge in [0.15, 0.2) is 0 Å². The van der Waals surface area contributed by atoms with Gasteiger partial charge < -0.3 is 14.2 Å². The molecule has 9 heteroatoms. The second-order valence-corrected chi connectivity index (χ2v) is 8.97. The molecule has 9 nitrogen and oxygen atoms in total. The number of nitrogens with one attached hydrogen (secondary N) is 1. The van der Waals surface area contributed by atoms with Gasteiger partial charge in [-0.1, -0.05) is 0 Å². The molecular weight excluding hydrogens is 418 g/mol. The Morgan fingerprint density at radius 3 is 2.70 bits per heavy atom. The van der Waals surface area contributed by atoms with Crippen LogP contribution in [0.5, 0.6) is 0 Å². The van der Waals surface area contributed by atoms with Crippen LogP contribution >= 0.6 is 0 Å². The van der Waals surface area contributed by atoms with Gasteiger partial charge in [-0.05, 0) is 51.0 Å². The van der Waals surface area contributed by atoms with E-state index in [2.05, 4.69) is 43.8 Å². The van der Waals surface area contributed by atoms with E-state index >= 15 is 0 Å². The van der Waals surface area contributed by atoms with Crippen molar-refractivity contribution < 1.29 is 9.53 Å². The Morgan fingerprint density at radius 1 is 1.09 bits per heavy atom. The number of anilines is 2. The molecule has 0 atom stereocenters. The summed E-state index contributed by atoms with van der Waals surface area (Å²) < 4.78 is 9.41. The number of aromatic nitrogens is 4. The number of carbonyl (C=O) groups is 1. The van der Waals surface area contributed by atoms with E-state index < -0.39 is 0 Å². The van der Waals surface area contributed by atoms with Gasteiger partial charge in [0.25, 0.3) is 5.91 Å². The van der Waals surface area contributed by atoms with Gasteiger partial charge in [0.1, 0.15) is 5.69 Å². The van der Waals surface area contributed by atoms with Crippen molar-refractivity contribution in [3.8, 4) is 0 Å². The standard InChI is InChI=1S/C24H33N7O2/c1-4-31-21(16-18(3)27-31)23(32)26-24-25-19-14-17(2)15-20-22(19)30(24)7-5-6-29(20)9-8-28-10-12-33-13-11-28/h14-16H,4-13H2,1-3H3,(H,25,26,32). The number of hydrogen-bond acceptors (Lipinski definition) is 6. The summed E-state index contributed by atoms with van der Waals surface area (Å²) >= 11 is 0. The fraction of sp³-hybridized carbons (Fsp3) is 0.542. The molecule has 1 amide bonds. The zero-order valence-corrected chi connectivity index (χ0v) is 19.8. The summed E-state index contributed by atoms with van der Waals surface area (Å²) in [4.78, 5) is 22.9. The number of aryl methyl sites for hydroxylation is 4. The highest BCUT2D eigenvalue weighted by atomic mass is 16.5. The van der Waals surface area contributed by atoms with Crippen LogP contribution in [0.25, 0.3) is 11.0 Å². The van der Waals surface area contributed by atoms with Gasteiger partial charge in [-0.3, -0.25) is 19.7 Å². The van der Waals surface area contributed by atoms with Crippen molar-refractivity contribution in [2.75, 3.05) is 56.2 Å². The number of rotatable bonds is 6. The zero-order valence-electron chi connectivity index (χ0n) is 19.8. The van der Waals surface area contributed by atoms with Crippen LogP contribution in [0.3, 0.4) is 0 Å². The van der Waals surface area contributed by atoms with Crippen molar-refractivity contribution in [1.82, 2.24) is 24.2 Å². The van der Waals surface area contributed by atoms with Gasteiger partial charge in [0, 0.05) is 45.8 Å². The second kappa shape index (κ2) is 9.15. The van der Waals surface area contributed by atoms with Crippen LogP contribution in [0.2, 0.25) is 0 Å². The van der Waals surface area contributed by atoms with Gasteiger partial charge in [-0.25, -0.2) is 4.98 Å². The summed E-state index contributed by atoms with van der Waals surface area (Å²) in [6, 6.07) is 6.19. The number of benzene rings is 1. The van der Waals surface area contributed by atoms with Gasteiger partial charge in [-0.2, -0.15) is 5.10 Å². The van der Waals surface area contributed by atoms with Crippen LogP contribution in [0, 0.1) is 13.8 Å². The lowest BCUT2D eigenvalue weighted by atomic mass is 10.1. The smallest absolute Gasteiger partial charge is 0.276 e. The van der Waals surface area contributed by atoms with Crippen molar-refractivity contribution in [3.05, 3.63) is 35.2 Å². The first-order valence-electron chi connectivity index (χ1n) is 11.9. The third kappa shape index (κ3) is 4.35. The average Bonchev–Trinajstić information content (AvgIpc) is 3.29. The molecule has 3 aromatic rings. The Balaban J connectivity index is 1.45. The van der Waals surface area contributed by atoms with Crippen LogP contribution in [-0.2, 0) is 17.8 Å². The van der Waals surface area contributed by atoms with Gasteiger partial charge in [0.05, 0.1) is 35.6 Å². The number of morpholine rings is 1. The molecule has 1 N–H and O–H groups in total. The van der Waals surface area contributed by atoms with Gasteiger partial charge in [-0.15, -0.1) is 0 Å². The fourth-order valence-corrected chi connectivity index (χ4v) is 4.93. The number of amides is 1. The Hall–Kier alpha value is -2.91. The van der Waals surface area contributed by atoms with E-state index in [9.17, 15) is 4.79 Å². The Labute approximate surface area is 194 Å². The molecule has 1 aromatic carbocycles. The molecule has 2 aliphatic rings. The predicted molar refractivity (Wildman–Crippen MR) is 129 cm³/mol. The number of nitrogens with zero attached hydrogens (tertiary/aromatic N) is 6. The molecule has 5 rings (SSSR count). The van der Waals surface area contributed by atoms with Crippen LogP contribution in [-0.4, -0.2) is 76.1 Å². The highest BCUT2D eigenvalue weighted by Gasteiger charge is 2.24. The monoisotopic (exact) mass is 451 g/mol. The number of imidazole rings is 1. The Kier molecular flexibility index (Phi) is 6.07. The quantitative estimate of drug-likeness (QED) is 0.621. The number of ether oxygens (including phenoxy) is 1. The highest BCUT2D eigenvalue weighted by molar-refractivity contribution is 6.03. The normalized spacial score (nSPS) is 16.9. The summed E-state index contributed by atoms with van der Waals surface area (Å²) in [7, 11) is 0. The van der Waals surface area contributed by atoms with E-state index in [0.29, 0.717) is 18.2 Å². The van der Waals surface area contributed by atoms with Crippen molar-refractivity contribution in [1.29, 1.82) is 0 Å². The van der Waals surface area contributed by atoms with E-state index in [4.69, 9.17) is 9.72 Å². The lowest BCUT2D eigenvalue weighted by Crippen LogP contribution is -2.41. The SMILES string of the molecule is CCn1nc(C)cc1C(=O)Nc1nc2cc(C)cc3c2n1CCCN3CCN1CCOCC1. The van der Waals surface area contributed by atoms with Crippen LogP contribution < -0.4 is 10.2 Å². The lowest BCUT2D eigenvalue weighted by molar-refractivity contribution is 0.0392. The molecule has 2 aromatic heterocycles. The predicted octanol–water partition coefficient (Wildman–Crippen LogP) is 2.66. The van der Waals surface area contributed by atoms with Crippen LogP contribution in [0.4, 0.5) is 11.6 Å². The summed E-state index contributed by atoms with van der Waals surface area (Å²) in [5.74, 6) is 0.439. The third-order valence-electron chi connectivity index (χ3n) is 6.57. The maximum absolute atomic E-state index is 13.1. The molecule has 0 aliphatic carbocycles. The van der Waals surface area contributed by atoms with E-state index in [0.717, 1.165) is 75.6 Å². The zero-order chi connectivity index (χ0) is 22.9. The molecule has 0 saturated carbocycles. The summed E-state index contributed by atoms with van der Waals surface area (Å²) in [6.07, 6.45) is 0.997. The molecule has 2 aliphatic heterocycles. The van der Waals surface area contributed by atoms with Crippen molar-refractivity contribution in [2.45, 2.75) is 40.3 Å². The van der Waals surface area contributed by atoms with Gasteiger partial charge >= 0.3 is 0 Å². The molecule has 176 valence electrons. The molecule has 0 spiro atoms. The number of hydrogen-bond donors (Lipinski definition) is 1. The molecule has 0 radical (unpaired) electrons. The molecular formula is C24H33N7O2. The molecule has 33 heavy (non-hydrogen) atoms. The third-order valence-corrected chi connectivity index (χ3v) is 6.57. The fourth-order valence-electron chi connectivity index (χ4n) is 4.93. The van der Waals surface area contributed by atoms with Crippen molar-refractivity contribution >= 4 is 28.6 Å². The first kappa shape index (κ1) is 21.9. The average molecular weight is 452 g/mol. The summed E-state index contributed by atoms with van der Waals surface area (Å²) in [5.41, 5.74) is 5.82. The Morgan fingerprint density at radius 2 is 1.91 bits per heavy atom. The first-order valence-corrected chi connectivity index (χ1v) is 11.9. The van der Waals surface area contributed by atoms with E-state index in [1.807, 2.05) is 19.9 Å². The molecule has 0 unspecified atom stereocenters. The minimum Gasteiger partial charge on any atom is -0.379 e. The Bertz CT molecular complexity index is 1160. The lowest BCUT2D eigenvalue weighted by Gasteiger charge is -2.31. The molecule has 1 fully saturated rings. The summed E-state index contributed by atoms with van der Waals surface area (Å²) in [5, 5.41) is 7.48. The van der Waals surface area contributed by atoms with Crippen LogP contribution in [0.1, 0.15) is 35.1 Å². The number of carbonyl (C=O) groups excluding carboxylic acids is 1. The topological polar surface area (TPSA) is 80.5 Å². The van der Waals surface area contributed by atoms with Gasteiger partial charge in [0.2, 0.25) is 5.95 Å². The minimum absolute atomic E-state index is 0.171. The largest absolute Gasteiger partial charge is 0.379 e. The maximum atomic E-state index is 13.1. The van der Waals surface area contributed by atoms with Crippen molar-refractivity contribution in [2.24, 2.45) is 0 Å². The van der Waals surface area contributed by atoms with Crippen LogP contribution in [0.15, 0.2) is 18.2 Å².